The van der Waals surface area contributed by atoms with Crippen molar-refractivity contribution in [3.63, 3.8) is 0 Å². The van der Waals surface area contributed by atoms with Crippen LogP contribution in [0.15, 0.2) is 18.2 Å². The van der Waals surface area contributed by atoms with Crippen molar-refractivity contribution < 1.29 is 19.3 Å². The van der Waals surface area contributed by atoms with Crippen LogP contribution in [0.3, 0.4) is 0 Å². The molecule has 0 bridgehead atoms. The van der Waals surface area contributed by atoms with Crippen molar-refractivity contribution in [1.82, 2.24) is 5.32 Å². The number of rotatable bonds is 3. The van der Waals surface area contributed by atoms with E-state index in [1.807, 2.05) is 0 Å². The molecular formula is C13H18Cl2FNO3. The van der Waals surface area contributed by atoms with Gasteiger partial charge in [-0.1, -0.05) is 17.7 Å². The van der Waals surface area contributed by atoms with Crippen molar-refractivity contribution in [2.75, 3.05) is 26.3 Å². The molecule has 0 spiro atoms. The van der Waals surface area contributed by atoms with Crippen LogP contribution in [0, 0.1) is 11.7 Å². The van der Waals surface area contributed by atoms with E-state index in [1.54, 1.807) is 6.07 Å². The Kier molecular flexibility index (Phi) is 7.15. The SMILES string of the molecule is Cl.OCC(O)[C@@H]1CNCCO[C@H]1c1ccc(Cl)c(F)c1. The van der Waals surface area contributed by atoms with E-state index < -0.39 is 18.0 Å². The molecule has 0 aromatic heterocycles. The van der Waals surface area contributed by atoms with Gasteiger partial charge in [-0.2, -0.15) is 0 Å². The molecular weight excluding hydrogens is 308 g/mol. The van der Waals surface area contributed by atoms with Crippen LogP contribution in [0.5, 0.6) is 0 Å². The smallest absolute Gasteiger partial charge is 0.142 e. The van der Waals surface area contributed by atoms with Gasteiger partial charge < -0.3 is 20.3 Å². The minimum absolute atomic E-state index is 0. The molecule has 1 unspecified atom stereocenters. The number of aliphatic hydroxyl groups is 2. The molecule has 114 valence electrons. The second kappa shape index (κ2) is 8.12. The molecule has 0 aliphatic carbocycles. The standard InChI is InChI=1S/C13H17ClFNO3.ClH/c14-10-2-1-8(5-11(10)15)13-9(12(18)7-17)6-16-3-4-19-13;/h1-2,5,9,12-13,16-18H,3-4,6-7H2;1H/t9-,12?,13-;/m0./s1. The van der Waals surface area contributed by atoms with E-state index in [2.05, 4.69) is 5.32 Å². The third-order valence-electron chi connectivity index (χ3n) is 3.30. The summed E-state index contributed by atoms with van der Waals surface area (Å²) in [5.41, 5.74) is 0.614. The average molecular weight is 326 g/mol. The quantitative estimate of drug-likeness (QED) is 0.788. The molecule has 0 amide bonds. The van der Waals surface area contributed by atoms with Crippen LogP contribution in [-0.4, -0.2) is 42.6 Å². The first-order chi connectivity index (χ1) is 9.13. The molecule has 3 N–H and O–H groups in total. The molecule has 1 aromatic carbocycles. The number of halogens is 3. The van der Waals surface area contributed by atoms with Gasteiger partial charge in [0.2, 0.25) is 0 Å². The van der Waals surface area contributed by atoms with Crippen LogP contribution in [0.25, 0.3) is 0 Å². The molecule has 1 saturated heterocycles. The van der Waals surface area contributed by atoms with Crippen molar-refractivity contribution in [1.29, 1.82) is 0 Å². The summed E-state index contributed by atoms with van der Waals surface area (Å²) >= 11 is 5.66. The molecule has 1 heterocycles. The summed E-state index contributed by atoms with van der Waals surface area (Å²) in [7, 11) is 0. The van der Waals surface area contributed by atoms with E-state index >= 15 is 0 Å². The summed E-state index contributed by atoms with van der Waals surface area (Å²) in [6.45, 7) is 1.25. The predicted molar refractivity (Wildman–Crippen MR) is 76.8 cm³/mol. The maximum atomic E-state index is 13.5. The second-order valence-corrected chi connectivity index (χ2v) is 4.99. The largest absolute Gasteiger partial charge is 0.394 e. The lowest BCUT2D eigenvalue weighted by Gasteiger charge is -2.28. The van der Waals surface area contributed by atoms with Crippen molar-refractivity contribution in [2.24, 2.45) is 5.92 Å². The first kappa shape index (κ1) is 17.6. The van der Waals surface area contributed by atoms with Gasteiger partial charge in [0.15, 0.2) is 0 Å². The molecule has 1 fully saturated rings. The van der Waals surface area contributed by atoms with Crippen LogP contribution in [0.4, 0.5) is 4.39 Å². The van der Waals surface area contributed by atoms with Gasteiger partial charge in [0.05, 0.1) is 30.4 Å². The van der Waals surface area contributed by atoms with E-state index in [1.165, 1.54) is 12.1 Å². The van der Waals surface area contributed by atoms with Gasteiger partial charge in [0, 0.05) is 19.0 Å². The van der Waals surface area contributed by atoms with Crippen LogP contribution in [0.1, 0.15) is 11.7 Å². The fraction of sp³-hybridized carbons (Fsp3) is 0.538. The van der Waals surface area contributed by atoms with Crippen molar-refractivity contribution in [3.8, 4) is 0 Å². The van der Waals surface area contributed by atoms with Gasteiger partial charge >= 0.3 is 0 Å². The number of aliphatic hydroxyl groups excluding tert-OH is 2. The number of ether oxygens (including phenoxy) is 1. The van der Waals surface area contributed by atoms with Gasteiger partial charge in [0.25, 0.3) is 0 Å². The lowest BCUT2D eigenvalue weighted by atomic mass is 9.91. The minimum Gasteiger partial charge on any atom is -0.394 e. The summed E-state index contributed by atoms with van der Waals surface area (Å²) in [4.78, 5) is 0. The zero-order valence-electron chi connectivity index (χ0n) is 10.8. The third kappa shape index (κ3) is 4.04. The maximum absolute atomic E-state index is 13.5. The summed E-state index contributed by atoms with van der Waals surface area (Å²) in [5.74, 6) is -0.856. The van der Waals surface area contributed by atoms with Crippen LogP contribution in [-0.2, 0) is 4.74 Å². The first-order valence-electron chi connectivity index (χ1n) is 6.19. The highest BCUT2D eigenvalue weighted by molar-refractivity contribution is 6.30. The Bertz CT molecular complexity index is 436. The van der Waals surface area contributed by atoms with E-state index in [0.29, 0.717) is 25.3 Å². The molecule has 0 radical (unpaired) electrons. The molecule has 0 saturated carbocycles. The van der Waals surface area contributed by atoms with Gasteiger partial charge in [-0.05, 0) is 17.7 Å². The zero-order chi connectivity index (χ0) is 13.8. The normalized spacial score (nSPS) is 24.6. The lowest BCUT2D eigenvalue weighted by molar-refractivity contribution is -0.0396. The highest BCUT2D eigenvalue weighted by Gasteiger charge is 2.31. The van der Waals surface area contributed by atoms with Crippen molar-refractivity contribution in [2.45, 2.75) is 12.2 Å². The number of nitrogens with one attached hydrogen (secondary N) is 1. The molecule has 20 heavy (non-hydrogen) atoms. The Balaban J connectivity index is 0.00000200. The fourth-order valence-corrected chi connectivity index (χ4v) is 2.38. The molecule has 4 nitrogen and oxygen atoms in total. The molecule has 2 rings (SSSR count). The van der Waals surface area contributed by atoms with Crippen LogP contribution < -0.4 is 5.32 Å². The first-order valence-corrected chi connectivity index (χ1v) is 6.57. The summed E-state index contributed by atoms with van der Waals surface area (Å²) in [6, 6.07) is 4.46. The number of benzene rings is 1. The van der Waals surface area contributed by atoms with Gasteiger partial charge in [-0.15, -0.1) is 12.4 Å². The van der Waals surface area contributed by atoms with Crippen molar-refractivity contribution in [3.05, 3.63) is 34.6 Å². The maximum Gasteiger partial charge on any atom is 0.142 e. The molecule has 1 aliphatic rings. The molecule has 7 heteroatoms. The average Bonchev–Trinajstić information content (AvgIpc) is 2.66. The third-order valence-corrected chi connectivity index (χ3v) is 3.61. The van der Waals surface area contributed by atoms with E-state index in [4.69, 9.17) is 21.4 Å². The van der Waals surface area contributed by atoms with Crippen LogP contribution in [0.2, 0.25) is 5.02 Å². The highest BCUT2D eigenvalue weighted by atomic mass is 35.5. The van der Waals surface area contributed by atoms with Crippen LogP contribution >= 0.6 is 24.0 Å². The van der Waals surface area contributed by atoms with Crippen molar-refractivity contribution >= 4 is 24.0 Å². The number of hydrogen-bond acceptors (Lipinski definition) is 4. The fourth-order valence-electron chi connectivity index (χ4n) is 2.26. The monoisotopic (exact) mass is 325 g/mol. The Morgan fingerprint density at radius 3 is 2.90 bits per heavy atom. The number of hydrogen-bond donors (Lipinski definition) is 3. The lowest BCUT2D eigenvalue weighted by Crippen LogP contribution is -2.36. The van der Waals surface area contributed by atoms with Gasteiger partial charge in [0.1, 0.15) is 5.82 Å². The Hall–Kier alpha value is -0.430. The molecule has 1 aromatic rings. The Morgan fingerprint density at radius 1 is 1.50 bits per heavy atom. The minimum atomic E-state index is -0.922. The van der Waals surface area contributed by atoms with E-state index in [0.717, 1.165) is 0 Å². The molecule has 1 aliphatic heterocycles. The Morgan fingerprint density at radius 2 is 2.25 bits per heavy atom. The van der Waals surface area contributed by atoms with E-state index in [-0.39, 0.29) is 30.0 Å². The summed E-state index contributed by atoms with van der Waals surface area (Å²) < 4.78 is 19.2. The molecule has 3 atom stereocenters. The highest BCUT2D eigenvalue weighted by Crippen LogP contribution is 2.31. The topological polar surface area (TPSA) is 61.7 Å². The van der Waals surface area contributed by atoms with E-state index in [9.17, 15) is 9.50 Å². The summed E-state index contributed by atoms with van der Waals surface area (Å²) in [5, 5.41) is 22.2. The summed E-state index contributed by atoms with van der Waals surface area (Å²) in [6.07, 6.45) is -1.39. The van der Waals surface area contributed by atoms with Gasteiger partial charge in [-0.3, -0.25) is 0 Å². The second-order valence-electron chi connectivity index (χ2n) is 4.58. The zero-order valence-corrected chi connectivity index (χ0v) is 12.3. The Labute approximate surface area is 128 Å². The van der Waals surface area contributed by atoms with Gasteiger partial charge in [-0.25, -0.2) is 4.39 Å². The predicted octanol–water partition coefficient (Wildman–Crippen LogP) is 1.53.